The second-order valence-electron chi connectivity index (χ2n) is 3.96. The van der Waals surface area contributed by atoms with Crippen molar-refractivity contribution in [2.75, 3.05) is 13.2 Å². The first-order valence-electron chi connectivity index (χ1n) is 5.27. The van der Waals surface area contributed by atoms with Crippen LogP contribution >= 0.6 is 0 Å². The highest BCUT2D eigenvalue weighted by Crippen LogP contribution is 2.41. The van der Waals surface area contributed by atoms with Crippen molar-refractivity contribution in [1.29, 1.82) is 0 Å². The number of rotatable bonds is 0. The molecule has 1 saturated heterocycles. The van der Waals surface area contributed by atoms with E-state index in [1.807, 2.05) is 0 Å². The first kappa shape index (κ1) is 8.45. The fourth-order valence-corrected chi connectivity index (χ4v) is 2.45. The van der Waals surface area contributed by atoms with Gasteiger partial charge in [0.15, 0.2) is 5.79 Å². The molecule has 3 rings (SSSR count). The summed E-state index contributed by atoms with van der Waals surface area (Å²) in [6.07, 6.45) is 3.12. The summed E-state index contributed by atoms with van der Waals surface area (Å²) in [4.78, 5) is 0. The first-order valence-corrected chi connectivity index (χ1v) is 5.27. The summed E-state index contributed by atoms with van der Waals surface area (Å²) < 4.78 is 11.6. The Hall–Kier alpha value is -0.860. The van der Waals surface area contributed by atoms with E-state index in [-0.39, 0.29) is 0 Å². The van der Waals surface area contributed by atoms with Crippen LogP contribution in [0, 0.1) is 0 Å². The van der Waals surface area contributed by atoms with Gasteiger partial charge in [-0.15, -0.1) is 0 Å². The van der Waals surface area contributed by atoms with E-state index in [9.17, 15) is 0 Å². The zero-order valence-corrected chi connectivity index (χ0v) is 8.16. The lowest BCUT2D eigenvalue weighted by Crippen LogP contribution is -2.34. The summed E-state index contributed by atoms with van der Waals surface area (Å²) in [6, 6.07) is 8.48. The SMILES string of the molecule is c1ccc2c(c1)CCO[C@@]21CCCO1. The normalized spacial score (nSPS) is 30.6. The minimum Gasteiger partial charge on any atom is -0.346 e. The lowest BCUT2D eigenvalue weighted by atomic mass is 9.93. The van der Waals surface area contributed by atoms with Gasteiger partial charge in [-0.1, -0.05) is 24.3 Å². The minimum atomic E-state index is -0.394. The van der Waals surface area contributed by atoms with Crippen LogP contribution in [0.1, 0.15) is 24.0 Å². The second kappa shape index (κ2) is 3.07. The third-order valence-corrected chi connectivity index (χ3v) is 3.12. The molecule has 0 amide bonds. The second-order valence-corrected chi connectivity index (χ2v) is 3.96. The van der Waals surface area contributed by atoms with Crippen LogP contribution in [-0.2, 0) is 21.7 Å². The summed E-state index contributed by atoms with van der Waals surface area (Å²) in [5.74, 6) is -0.394. The zero-order valence-electron chi connectivity index (χ0n) is 8.16. The molecule has 1 aromatic rings. The Balaban J connectivity index is 2.10. The van der Waals surface area contributed by atoms with Gasteiger partial charge in [-0.3, -0.25) is 0 Å². The summed E-state index contributed by atoms with van der Waals surface area (Å²) >= 11 is 0. The van der Waals surface area contributed by atoms with Crippen LogP contribution < -0.4 is 0 Å². The Kier molecular flexibility index (Phi) is 1.85. The largest absolute Gasteiger partial charge is 0.346 e. The first-order chi connectivity index (χ1) is 6.91. The number of fused-ring (bicyclic) bond motifs is 2. The van der Waals surface area contributed by atoms with E-state index < -0.39 is 5.79 Å². The molecule has 0 aromatic heterocycles. The summed E-state index contributed by atoms with van der Waals surface area (Å²) in [6.45, 7) is 1.62. The molecule has 1 spiro atoms. The van der Waals surface area contributed by atoms with Crippen LogP contribution in [-0.4, -0.2) is 13.2 Å². The third kappa shape index (κ3) is 1.11. The highest BCUT2D eigenvalue weighted by atomic mass is 16.7. The molecule has 2 nitrogen and oxygen atoms in total. The highest BCUT2D eigenvalue weighted by Gasteiger charge is 2.41. The Bertz CT molecular complexity index is 340. The Labute approximate surface area is 83.8 Å². The van der Waals surface area contributed by atoms with Gasteiger partial charge in [-0.05, 0) is 18.4 Å². The van der Waals surface area contributed by atoms with Crippen molar-refractivity contribution in [2.24, 2.45) is 0 Å². The molecule has 0 N–H and O–H groups in total. The van der Waals surface area contributed by atoms with Crippen LogP contribution in [0.2, 0.25) is 0 Å². The van der Waals surface area contributed by atoms with Gasteiger partial charge in [-0.2, -0.15) is 0 Å². The van der Waals surface area contributed by atoms with Gasteiger partial charge in [0.1, 0.15) is 0 Å². The molecule has 0 radical (unpaired) electrons. The summed E-state index contributed by atoms with van der Waals surface area (Å²) in [5, 5.41) is 0. The van der Waals surface area contributed by atoms with Gasteiger partial charge in [-0.25, -0.2) is 0 Å². The zero-order chi connectivity index (χ0) is 9.43. The Morgan fingerprint density at radius 1 is 1.07 bits per heavy atom. The van der Waals surface area contributed by atoms with Crippen LogP contribution in [0.25, 0.3) is 0 Å². The topological polar surface area (TPSA) is 18.5 Å². The third-order valence-electron chi connectivity index (χ3n) is 3.12. The van der Waals surface area contributed by atoms with E-state index in [1.54, 1.807) is 0 Å². The van der Waals surface area contributed by atoms with E-state index in [0.29, 0.717) is 0 Å². The maximum Gasteiger partial charge on any atom is 0.195 e. The molecule has 2 aliphatic rings. The van der Waals surface area contributed by atoms with Crippen molar-refractivity contribution in [3.05, 3.63) is 35.4 Å². The predicted octanol–water partition coefficient (Wildman–Crippen LogP) is 2.22. The van der Waals surface area contributed by atoms with Crippen molar-refractivity contribution < 1.29 is 9.47 Å². The average Bonchev–Trinajstić information content (AvgIpc) is 2.68. The fraction of sp³-hybridized carbons (Fsp3) is 0.500. The van der Waals surface area contributed by atoms with E-state index in [1.165, 1.54) is 11.1 Å². The molecular formula is C12H14O2. The lowest BCUT2D eigenvalue weighted by Gasteiger charge is -2.34. The van der Waals surface area contributed by atoms with Crippen LogP contribution in [0.5, 0.6) is 0 Å². The lowest BCUT2D eigenvalue weighted by molar-refractivity contribution is -0.225. The molecule has 2 aliphatic heterocycles. The van der Waals surface area contributed by atoms with E-state index in [4.69, 9.17) is 9.47 Å². The van der Waals surface area contributed by atoms with E-state index in [2.05, 4.69) is 24.3 Å². The van der Waals surface area contributed by atoms with Gasteiger partial charge >= 0.3 is 0 Å². The number of benzene rings is 1. The molecule has 0 aliphatic carbocycles. The molecule has 2 heterocycles. The van der Waals surface area contributed by atoms with Crippen molar-refractivity contribution >= 4 is 0 Å². The van der Waals surface area contributed by atoms with Crippen molar-refractivity contribution in [3.63, 3.8) is 0 Å². The molecule has 1 atom stereocenters. The molecule has 1 fully saturated rings. The molecule has 0 saturated carbocycles. The van der Waals surface area contributed by atoms with Crippen molar-refractivity contribution in [2.45, 2.75) is 25.0 Å². The number of hydrogen-bond acceptors (Lipinski definition) is 2. The highest BCUT2D eigenvalue weighted by molar-refractivity contribution is 5.33. The standard InChI is InChI=1S/C12H14O2/c1-2-5-11-10(4-1)6-9-14-12(11)7-3-8-13-12/h1-2,4-5H,3,6-9H2/t12-/m0/s1. The smallest absolute Gasteiger partial charge is 0.195 e. The average molecular weight is 190 g/mol. The van der Waals surface area contributed by atoms with Gasteiger partial charge in [0.05, 0.1) is 13.2 Å². The fourth-order valence-electron chi connectivity index (χ4n) is 2.45. The molecule has 74 valence electrons. The molecule has 14 heavy (non-hydrogen) atoms. The molecule has 2 heteroatoms. The maximum absolute atomic E-state index is 5.83. The van der Waals surface area contributed by atoms with Crippen molar-refractivity contribution in [1.82, 2.24) is 0 Å². The monoisotopic (exact) mass is 190 g/mol. The van der Waals surface area contributed by atoms with Crippen LogP contribution in [0.15, 0.2) is 24.3 Å². The number of ether oxygens (including phenoxy) is 2. The molecular weight excluding hydrogens is 176 g/mol. The predicted molar refractivity (Wildman–Crippen MR) is 53.0 cm³/mol. The van der Waals surface area contributed by atoms with Crippen molar-refractivity contribution in [3.8, 4) is 0 Å². The van der Waals surface area contributed by atoms with E-state index >= 15 is 0 Å². The minimum absolute atomic E-state index is 0.394. The van der Waals surface area contributed by atoms with Gasteiger partial charge in [0.25, 0.3) is 0 Å². The Morgan fingerprint density at radius 3 is 2.79 bits per heavy atom. The van der Waals surface area contributed by atoms with Gasteiger partial charge < -0.3 is 9.47 Å². The molecule has 1 aromatic carbocycles. The number of hydrogen-bond donors (Lipinski definition) is 0. The van der Waals surface area contributed by atoms with Gasteiger partial charge in [0.2, 0.25) is 0 Å². The Morgan fingerprint density at radius 2 is 1.93 bits per heavy atom. The molecule has 0 bridgehead atoms. The maximum atomic E-state index is 5.83. The summed E-state index contributed by atoms with van der Waals surface area (Å²) in [5.41, 5.74) is 2.64. The van der Waals surface area contributed by atoms with E-state index in [0.717, 1.165) is 32.5 Å². The van der Waals surface area contributed by atoms with Crippen LogP contribution in [0.3, 0.4) is 0 Å². The van der Waals surface area contributed by atoms with Crippen LogP contribution in [0.4, 0.5) is 0 Å². The quantitative estimate of drug-likeness (QED) is 0.624. The summed E-state index contributed by atoms with van der Waals surface area (Å²) in [7, 11) is 0. The molecule has 0 unspecified atom stereocenters. The van der Waals surface area contributed by atoms with Gasteiger partial charge in [0, 0.05) is 12.0 Å².